The molecule has 0 saturated heterocycles. The Morgan fingerprint density at radius 2 is 2.06 bits per heavy atom. The maximum Gasteiger partial charge on any atom is 0.248 e. The van der Waals surface area contributed by atoms with Crippen molar-refractivity contribution in [1.82, 2.24) is 9.78 Å². The fourth-order valence-electron chi connectivity index (χ4n) is 1.72. The van der Waals surface area contributed by atoms with Crippen LogP contribution in [-0.2, 0) is 0 Å². The Hall–Kier alpha value is -1.82. The SMILES string of the molecule is Cc1nn(-c2ccc(C(N)=O)cc2Br)c(C)c1N. The van der Waals surface area contributed by atoms with E-state index in [0.717, 1.165) is 21.5 Å². The molecule has 0 aliphatic carbocycles. The van der Waals surface area contributed by atoms with Gasteiger partial charge in [-0.15, -0.1) is 0 Å². The van der Waals surface area contributed by atoms with Gasteiger partial charge in [-0.1, -0.05) is 0 Å². The van der Waals surface area contributed by atoms with Gasteiger partial charge in [0.25, 0.3) is 0 Å². The van der Waals surface area contributed by atoms with Crippen molar-refractivity contribution in [3.8, 4) is 5.69 Å². The number of hydrogen-bond donors (Lipinski definition) is 2. The second kappa shape index (κ2) is 4.45. The Morgan fingerprint density at radius 1 is 1.39 bits per heavy atom. The first kappa shape index (κ1) is 12.6. The minimum Gasteiger partial charge on any atom is -0.396 e. The van der Waals surface area contributed by atoms with Crippen molar-refractivity contribution in [3.63, 3.8) is 0 Å². The number of amides is 1. The second-order valence-corrected chi connectivity index (χ2v) is 4.88. The molecule has 2 aromatic rings. The van der Waals surface area contributed by atoms with E-state index in [2.05, 4.69) is 21.0 Å². The molecule has 0 aliphatic rings. The summed E-state index contributed by atoms with van der Waals surface area (Å²) in [6.07, 6.45) is 0. The van der Waals surface area contributed by atoms with Gasteiger partial charge in [-0.3, -0.25) is 4.79 Å². The zero-order chi connectivity index (χ0) is 13.4. The highest BCUT2D eigenvalue weighted by molar-refractivity contribution is 9.10. The van der Waals surface area contributed by atoms with Gasteiger partial charge in [0.15, 0.2) is 0 Å². The maximum absolute atomic E-state index is 11.1. The Kier molecular flexibility index (Phi) is 3.13. The second-order valence-electron chi connectivity index (χ2n) is 4.03. The van der Waals surface area contributed by atoms with Crippen molar-refractivity contribution in [3.05, 3.63) is 39.6 Å². The first-order chi connectivity index (χ1) is 8.41. The largest absolute Gasteiger partial charge is 0.396 e. The molecule has 0 atom stereocenters. The summed E-state index contributed by atoms with van der Waals surface area (Å²) in [4.78, 5) is 11.1. The minimum absolute atomic E-state index is 0.445. The lowest BCUT2D eigenvalue weighted by atomic mass is 10.2. The summed E-state index contributed by atoms with van der Waals surface area (Å²) in [7, 11) is 0. The Balaban J connectivity index is 2.58. The lowest BCUT2D eigenvalue weighted by molar-refractivity contribution is 0.1000. The first-order valence-electron chi connectivity index (χ1n) is 5.33. The standard InChI is InChI=1S/C12H13BrN4O/c1-6-11(14)7(2)17(16-6)10-4-3-8(12(15)18)5-9(10)13/h3-5H,14H2,1-2H3,(H2,15,18). The number of rotatable bonds is 2. The minimum atomic E-state index is -0.463. The molecule has 4 N–H and O–H groups in total. The number of anilines is 1. The number of benzene rings is 1. The zero-order valence-electron chi connectivity index (χ0n) is 10.1. The summed E-state index contributed by atoms with van der Waals surface area (Å²) in [5.74, 6) is -0.463. The number of nitrogens with zero attached hydrogens (tertiary/aromatic N) is 2. The average Bonchev–Trinajstić information content (AvgIpc) is 2.57. The number of aromatic nitrogens is 2. The summed E-state index contributed by atoms with van der Waals surface area (Å²) >= 11 is 3.41. The van der Waals surface area contributed by atoms with E-state index in [1.807, 2.05) is 13.8 Å². The molecule has 1 aromatic heterocycles. The smallest absolute Gasteiger partial charge is 0.248 e. The predicted molar refractivity (Wildman–Crippen MR) is 73.7 cm³/mol. The van der Waals surface area contributed by atoms with Crippen molar-refractivity contribution in [2.45, 2.75) is 13.8 Å². The molecular weight excluding hydrogens is 296 g/mol. The zero-order valence-corrected chi connectivity index (χ0v) is 11.7. The van der Waals surface area contributed by atoms with E-state index in [1.54, 1.807) is 22.9 Å². The Morgan fingerprint density at radius 3 is 2.50 bits per heavy atom. The molecule has 5 nitrogen and oxygen atoms in total. The summed E-state index contributed by atoms with van der Waals surface area (Å²) in [5.41, 5.74) is 14.7. The Labute approximate surface area is 113 Å². The summed E-state index contributed by atoms with van der Waals surface area (Å²) in [6, 6.07) is 5.11. The van der Waals surface area contributed by atoms with Gasteiger partial charge < -0.3 is 11.5 Å². The number of primary amides is 1. The molecule has 1 amide bonds. The van der Waals surface area contributed by atoms with E-state index in [0.29, 0.717) is 11.3 Å². The molecule has 1 aromatic carbocycles. The molecule has 0 bridgehead atoms. The number of halogens is 1. The number of nitrogen functional groups attached to an aromatic ring is 1. The van der Waals surface area contributed by atoms with Crippen LogP contribution in [0.2, 0.25) is 0 Å². The maximum atomic E-state index is 11.1. The monoisotopic (exact) mass is 308 g/mol. The number of carbonyl (C=O) groups is 1. The fourth-order valence-corrected chi connectivity index (χ4v) is 2.27. The normalized spacial score (nSPS) is 10.6. The van der Waals surface area contributed by atoms with Crippen LogP contribution in [0.4, 0.5) is 5.69 Å². The number of hydrogen-bond acceptors (Lipinski definition) is 3. The lowest BCUT2D eigenvalue weighted by Gasteiger charge is -2.08. The van der Waals surface area contributed by atoms with Crippen LogP contribution < -0.4 is 11.5 Å². The highest BCUT2D eigenvalue weighted by Crippen LogP contribution is 2.26. The van der Waals surface area contributed by atoms with Gasteiger partial charge in [-0.25, -0.2) is 4.68 Å². The van der Waals surface area contributed by atoms with Gasteiger partial charge >= 0.3 is 0 Å². The summed E-state index contributed by atoms with van der Waals surface area (Å²) in [6.45, 7) is 3.74. The van der Waals surface area contributed by atoms with Crippen LogP contribution in [0.15, 0.2) is 22.7 Å². The summed E-state index contributed by atoms with van der Waals surface area (Å²) < 4.78 is 2.48. The molecule has 94 valence electrons. The Bertz CT molecular complexity index is 633. The van der Waals surface area contributed by atoms with Crippen LogP contribution in [0.25, 0.3) is 5.69 Å². The molecule has 0 radical (unpaired) electrons. The number of carbonyl (C=O) groups excluding carboxylic acids is 1. The van der Waals surface area contributed by atoms with Crippen molar-refractivity contribution in [2.75, 3.05) is 5.73 Å². The predicted octanol–water partition coefficient (Wildman–Crippen LogP) is 1.93. The van der Waals surface area contributed by atoms with E-state index in [1.165, 1.54) is 0 Å². The molecule has 18 heavy (non-hydrogen) atoms. The van der Waals surface area contributed by atoms with Gasteiger partial charge in [0.1, 0.15) is 0 Å². The van der Waals surface area contributed by atoms with Gasteiger partial charge in [-0.05, 0) is 48.0 Å². The lowest BCUT2D eigenvalue weighted by Crippen LogP contribution is -2.11. The number of aryl methyl sites for hydroxylation is 1. The van der Waals surface area contributed by atoms with E-state index >= 15 is 0 Å². The van der Waals surface area contributed by atoms with Crippen LogP contribution in [0.5, 0.6) is 0 Å². The van der Waals surface area contributed by atoms with Gasteiger partial charge in [0.05, 0.1) is 22.8 Å². The highest BCUT2D eigenvalue weighted by atomic mass is 79.9. The third-order valence-corrected chi connectivity index (χ3v) is 3.44. The fraction of sp³-hybridized carbons (Fsp3) is 0.167. The molecule has 0 aliphatic heterocycles. The molecule has 0 unspecified atom stereocenters. The quantitative estimate of drug-likeness (QED) is 0.888. The van der Waals surface area contributed by atoms with Crippen LogP contribution in [0.3, 0.4) is 0 Å². The first-order valence-corrected chi connectivity index (χ1v) is 6.12. The van der Waals surface area contributed by atoms with Gasteiger partial charge in [-0.2, -0.15) is 5.10 Å². The molecule has 2 rings (SSSR count). The van der Waals surface area contributed by atoms with Gasteiger partial charge in [0.2, 0.25) is 5.91 Å². The highest BCUT2D eigenvalue weighted by Gasteiger charge is 2.13. The summed E-state index contributed by atoms with van der Waals surface area (Å²) in [5, 5.41) is 4.36. The molecule has 6 heteroatoms. The third kappa shape index (κ3) is 1.99. The van der Waals surface area contributed by atoms with Crippen LogP contribution in [0.1, 0.15) is 21.7 Å². The van der Waals surface area contributed by atoms with Gasteiger partial charge in [0, 0.05) is 10.0 Å². The topological polar surface area (TPSA) is 86.9 Å². The van der Waals surface area contributed by atoms with Crippen molar-refractivity contribution in [1.29, 1.82) is 0 Å². The third-order valence-electron chi connectivity index (χ3n) is 2.81. The van der Waals surface area contributed by atoms with Crippen molar-refractivity contribution >= 4 is 27.5 Å². The van der Waals surface area contributed by atoms with E-state index < -0.39 is 5.91 Å². The molecule has 0 spiro atoms. The van der Waals surface area contributed by atoms with E-state index in [9.17, 15) is 4.79 Å². The van der Waals surface area contributed by atoms with Crippen molar-refractivity contribution < 1.29 is 4.79 Å². The molecular formula is C12H13BrN4O. The average molecular weight is 309 g/mol. The van der Waals surface area contributed by atoms with Crippen LogP contribution in [-0.4, -0.2) is 15.7 Å². The van der Waals surface area contributed by atoms with Crippen LogP contribution in [0, 0.1) is 13.8 Å². The van der Waals surface area contributed by atoms with Crippen LogP contribution >= 0.6 is 15.9 Å². The van der Waals surface area contributed by atoms with E-state index in [4.69, 9.17) is 11.5 Å². The van der Waals surface area contributed by atoms with E-state index in [-0.39, 0.29) is 0 Å². The van der Waals surface area contributed by atoms with Crippen molar-refractivity contribution in [2.24, 2.45) is 5.73 Å². The number of nitrogens with two attached hydrogens (primary N) is 2. The molecule has 1 heterocycles. The molecule has 0 saturated carbocycles. The molecule has 0 fully saturated rings.